The predicted octanol–water partition coefficient (Wildman–Crippen LogP) is 12.5. The third-order valence-corrected chi connectivity index (χ3v) is 11.7. The summed E-state index contributed by atoms with van der Waals surface area (Å²) in [5.41, 5.74) is 0. The highest BCUT2D eigenvalue weighted by Gasteiger charge is 2.29. The lowest BCUT2D eigenvalue weighted by Crippen LogP contribution is -2.52. The van der Waals surface area contributed by atoms with Crippen LogP contribution < -0.4 is 21.3 Å². The Balaban J connectivity index is -0.00000112. The van der Waals surface area contributed by atoms with Crippen molar-refractivity contribution in [2.24, 2.45) is 23.7 Å². The molecule has 0 aliphatic rings. The highest BCUT2D eigenvalue weighted by Crippen LogP contribution is 2.16. The minimum Gasteiger partial charge on any atom is -0.345 e. The molecule has 10 heteroatoms. The van der Waals surface area contributed by atoms with Crippen molar-refractivity contribution in [2.45, 2.75) is 282 Å². The maximum absolute atomic E-state index is 13.1. The maximum atomic E-state index is 13.1. The van der Waals surface area contributed by atoms with Gasteiger partial charge in [-0.15, -0.1) is 0 Å². The molecule has 6 unspecified atom stereocenters. The van der Waals surface area contributed by atoms with E-state index in [1.165, 1.54) is 0 Å². The van der Waals surface area contributed by atoms with E-state index in [1.54, 1.807) is 0 Å². The largest absolute Gasteiger partial charge is 0.345 e. The normalized spacial score (nSPS) is 13.9. The third kappa shape index (κ3) is 34.3. The van der Waals surface area contributed by atoms with E-state index in [1.807, 2.05) is 41.5 Å². The van der Waals surface area contributed by atoms with E-state index in [4.69, 9.17) is 0 Å². The Morgan fingerprint density at radius 3 is 0.778 bits per heavy atom. The predicted molar refractivity (Wildman–Crippen MR) is 267 cm³/mol. The van der Waals surface area contributed by atoms with E-state index >= 15 is 0 Å². The van der Waals surface area contributed by atoms with Crippen molar-refractivity contribution in [3.8, 4) is 0 Å². The minimum absolute atomic E-state index is 0. The van der Waals surface area contributed by atoms with Gasteiger partial charge in [0, 0.05) is 24.7 Å². The Labute approximate surface area is 389 Å². The number of carbonyl (C=O) groups excluding carboxylic acids is 6. The number of hydrogen-bond donors (Lipinski definition) is 4. The number of carbonyl (C=O) groups is 6. The van der Waals surface area contributed by atoms with Crippen molar-refractivity contribution in [2.75, 3.05) is 0 Å². The average Bonchev–Trinajstić information content (AvgIpc) is 3.21. The number of nitrogens with one attached hydrogen (secondary N) is 4. The van der Waals surface area contributed by atoms with Crippen molar-refractivity contribution in [3.05, 3.63) is 0 Å². The van der Waals surface area contributed by atoms with Gasteiger partial charge in [0.25, 0.3) is 0 Å². The van der Waals surface area contributed by atoms with E-state index in [0.29, 0.717) is 38.5 Å². The highest BCUT2D eigenvalue weighted by atomic mass is 16.2. The van der Waals surface area contributed by atoms with E-state index in [0.717, 1.165) is 128 Å². The fourth-order valence-corrected chi connectivity index (χ4v) is 7.48. The quantitative estimate of drug-likeness (QED) is 0.0453. The number of hydrogen-bond acceptors (Lipinski definition) is 6. The van der Waals surface area contributed by atoms with Gasteiger partial charge in [0.1, 0.15) is 12.1 Å². The molecule has 0 heterocycles. The first-order valence-corrected chi connectivity index (χ1v) is 25.8. The second-order valence-corrected chi connectivity index (χ2v) is 19.2. The Hall–Kier alpha value is -2.78. The molecule has 10 nitrogen and oxygen atoms in total. The molecule has 0 fully saturated rings. The van der Waals surface area contributed by atoms with Gasteiger partial charge in [0.15, 0.2) is 11.6 Å². The molecular formula is C53H104N4O6. The molecule has 0 bridgehead atoms. The smallest absolute Gasteiger partial charge is 0.243 e. The van der Waals surface area contributed by atoms with Crippen LogP contribution in [-0.2, 0) is 28.8 Å². The van der Waals surface area contributed by atoms with E-state index in [2.05, 4.69) is 62.8 Å². The number of amides is 4. The molecule has 6 atom stereocenters. The van der Waals surface area contributed by atoms with Gasteiger partial charge in [0.2, 0.25) is 23.6 Å². The fourth-order valence-electron chi connectivity index (χ4n) is 7.48. The van der Waals surface area contributed by atoms with Crippen LogP contribution in [0.4, 0.5) is 0 Å². The van der Waals surface area contributed by atoms with Crippen molar-refractivity contribution in [1.82, 2.24) is 21.3 Å². The lowest BCUT2D eigenvalue weighted by atomic mass is 9.96. The number of Topliss-reactive ketones (excluding diaryl/α,β-unsaturated/α-hetero) is 2. The number of unbranched alkanes of at least 4 members (excludes halogenated alkanes) is 12. The number of ketones is 2. The molecule has 0 aromatic heterocycles. The Kier molecular flexibility index (Phi) is 42.9. The zero-order valence-corrected chi connectivity index (χ0v) is 42.5. The van der Waals surface area contributed by atoms with Gasteiger partial charge in [-0.2, -0.15) is 0 Å². The van der Waals surface area contributed by atoms with Gasteiger partial charge in [0.05, 0.1) is 12.1 Å². The molecule has 4 amide bonds. The van der Waals surface area contributed by atoms with Crippen LogP contribution >= 0.6 is 0 Å². The maximum Gasteiger partial charge on any atom is 0.243 e. The van der Waals surface area contributed by atoms with Gasteiger partial charge in [-0.05, 0) is 50.4 Å². The summed E-state index contributed by atoms with van der Waals surface area (Å²) in [6.45, 7) is 24.8. The van der Waals surface area contributed by atoms with Gasteiger partial charge in [-0.25, -0.2) is 0 Å². The molecule has 4 N–H and O–H groups in total. The molecule has 0 saturated heterocycles. The van der Waals surface area contributed by atoms with Gasteiger partial charge < -0.3 is 21.3 Å². The van der Waals surface area contributed by atoms with E-state index < -0.39 is 24.2 Å². The molecule has 0 aromatic rings. The second-order valence-electron chi connectivity index (χ2n) is 19.2. The molecule has 0 rings (SSSR count). The van der Waals surface area contributed by atoms with Crippen LogP contribution in [0.25, 0.3) is 0 Å². The minimum atomic E-state index is -0.562. The summed E-state index contributed by atoms with van der Waals surface area (Å²) in [5.74, 6) is 0.0216. The first-order chi connectivity index (χ1) is 29.5. The van der Waals surface area contributed by atoms with Crippen molar-refractivity contribution < 1.29 is 28.8 Å². The summed E-state index contributed by atoms with van der Waals surface area (Å²) in [4.78, 5) is 77.1. The van der Waals surface area contributed by atoms with Crippen LogP contribution in [0.1, 0.15) is 257 Å². The Morgan fingerprint density at radius 2 is 0.540 bits per heavy atom. The summed E-state index contributed by atoms with van der Waals surface area (Å²) in [7, 11) is 0. The molecule has 0 saturated carbocycles. The first kappa shape index (κ1) is 64.5. The zero-order chi connectivity index (χ0) is 47.3. The first-order valence-electron chi connectivity index (χ1n) is 25.8. The average molecular weight is 893 g/mol. The molecule has 372 valence electrons. The van der Waals surface area contributed by atoms with Crippen molar-refractivity contribution in [3.63, 3.8) is 0 Å². The van der Waals surface area contributed by atoms with Gasteiger partial charge in [-0.1, -0.05) is 206 Å². The summed E-state index contributed by atoms with van der Waals surface area (Å²) in [6.07, 6.45) is 23.8. The molecule has 0 aliphatic carbocycles. The monoisotopic (exact) mass is 893 g/mol. The lowest BCUT2D eigenvalue weighted by Gasteiger charge is -2.24. The Morgan fingerprint density at radius 1 is 0.317 bits per heavy atom. The van der Waals surface area contributed by atoms with Gasteiger partial charge >= 0.3 is 0 Å². The summed E-state index contributed by atoms with van der Waals surface area (Å²) < 4.78 is 0. The lowest BCUT2D eigenvalue weighted by molar-refractivity contribution is -0.133. The number of rotatable bonds is 38. The Bertz CT molecular complexity index is 1100. The molecule has 0 aromatic carbocycles. The van der Waals surface area contributed by atoms with Crippen LogP contribution in [0.2, 0.25) is 0 Å². The zero-order valence-electron chi connectivity index (χ0n) is 42.5. The fraction of sp³-hybridized carbons (Fsp3) is 0.887. The van der Waals surface area contributed by atoms with E-state index in [-0.39, 0.29) is 66.3 Å². The van der Waals surface area contributed by atoms with Crippen LogP contribution in [0.5, 0.6) is 0 Å². The summed E-state index contributed by atoms with van der Waals surface area (Å²) >= 11 is 0. The van der Waals surface area contributed by atoms with Crippen molar-refractivity contribution in [1.29, 1.82) is 0 Å². The standard InChI is InChI=1S/2C26H50N2O3.CH4/c2*1-7-10-13-16-21(6)25(30)28-23(18-15-12-9-3)26(31)27-22(17-14-11-8-2)24(29)19-20(4)5;/h2*20-23H,7-19H2,1-6H3,(H,27,31)(H,28,30);1H4. The van der Waals surface area contributed by atoms with Gasteiger partial charge in [-0.3, -0.25) is 28.8 Å². The molecule has 0 spiro atoms. The summed E-state index contributed by atoms with van der Waals surface area (Å²) in [5, 5.41) is 12.0. The van der Waals surface area contributed by atoms with Crippen molar-refractivity contribution >= 4 is 35.2 Å². The molecule has 0 radical (unpaired) electrons. The van der Waals surface area contributed by atoms with Crippen LogP contribution in [0.15, 0.2) is 0 Å². The van der Waals surface area contributed by atoms with Crippen LogP contribution in [0, 0.1) is 23.7 Å². The molecule has 63 heavy (non-hydrogen) atoms. The van der Waals surface area contributed by atoms with Crippen LogP contribution in [0.3, 0.4) is 0 Å². The summed E-state index contributed by atoms with van der Waals surface area (Å²) in [6, 6.07) is -2.02. The molecule has 0 aliphatic heterocycles. The van der Waals surface area contributed by atoms with E-state index in [9.17, 15) is 28.8 Å². The molecular weight excluding hydrogens is 789 g/mol. The topological polar surface area (TPSA) is 151 Å². The highest BCUT2D eigenvalue weighted by molar-refractivity contribution is 5.94. The third-order valence-electron chi connectivity index (χ3n) is 11.7. The SMILES string of the molecule is C.CCCCCC(C)C(=O)NC(CCCCC)C(=O)NC(CCCCC)C(=O)CC(C)C.CCCCCC(C)C(=O)NC(CCCCC)C(=O)NC(CCCCC)C(=O)CC(C)C. The van der Waals surface area contributed by atoms with Crippen LogP contribution in [-0.4, -0.2) is 59.4 Å². The second kappa shape index (κ2) is 41.9.